The van der Waals surface area contributed by atoms with E-state index in [2.05, 4.69) is 160 Å². The van der Waals surface area contributed by atoms with Crippen molar-refractivity contribution >= 4 is 63.0 Å². The lowest BCUT2D eigenvalue weighted by atomic mass is 9.89. The number of fused-ring (bicyclic) bond motifs is 6. The first-order valence-corrected chi connectivity index (χ1v) is 17.8. The van der Waals surface area contributed by atoms with Gasteiger partial charge in [-0.15, -0.1) is 22.7 Å². The van der Waals surface area contributed by atoms with Gasteiger partial charge in [0.05, 0.1) is 0 Å². The SMILES string of the molecule is Cc1cc(-c2cccc(-c3ccc(-c4ccc5sc6ccccc6c5c4)c(C)c3)c2C)ccc1-c1ccc2sc3ccccc3c2c1. The predicted octanol–water partition coefficient (Wildman–Crippen LogP) is 14.0. The first kappa shape index (κ1) is 28.2. The Morgan fingerprint density at radius 2 is 0.723 bits per heavy atom. The summed E-state index contributed by atoms with van der Waals surface area (Å²) in [5, 5.41) is 5.38. The maximum Gasteiger partial charge on any atom is 0.0355 e. The molecule has 7 aromatic carbocycles. The lowest BCUT2D eigenvalue weighted by Gasteiger charge is -2.16. The van der Waals surface area contributed by atoms with Crippen molar-refractivity contribution in [2.45, 2.75) is 20.8 Å². The molecule has 0 N–H and O–H groups in total. The predicted molar refractivity (Wildman–Crippen MR) is 208 cm³/mol. The highest BCUT2D eigenvalue weighted by Crippen LogP contribution is 2.40. The third kappa shape index (κ3) is 4.71. The molecule has 0 fully saturated rings. The Morgan fingerprint density at radius 1 is 0.319 bits per heavy atom. The van der Waals surface area contributed by atoms with Gasteiger partial charge in [0, 0.05) is 40.3 Å². The summed E-state index contributed by atoms with van der Waals surface area (Å²) >= 11 is 3.74. The molecule has 0 aliphatic heterocycles. The van der Waals surface area contributed by atoms with E-state index in [1.54, 1.807) is 0 Å². The summed E-state index contributed by atoms with van der Waals surface area (Å²) in [5.74, 6) is 0. The van der Waals surface area contributed by atoms with Crippen LogP contribution in [0.3, 0.4) is 0 Å². The third-order valence-corrected chi connectivity index (χ3v) is 12.1. The average molecular weight is 637 g/mol. The van der Waals surface area contributed by atoms with Gasteiger partial charge in [-0.3, -0.25) is 0 Å². The van der Waals surface area contributed by atoms with Crippen molar-refractivity contribution in [2.75, 3.05) is 0 Å². The van der Waals surface area contributed by atoms with Crippen LogP contribution in [0.25, 0.3) is 84.9 Å². The van der Waals surface area contributed by atoms with Crippen LogP contribution >= 0.6 is 22.7 Å². The molecule has 47 heavy (non-hydrogen) atoms. The van der Waals surface area contributed by atoms with Crippen molar-refractivity contribution in [2.24, 2.45) is 0 Å². The molecule has 9 rings (SSSR count). The van der Waals surface area contributed by atoms with Crippen LogP contribution in [0, 0.1) is 20.8 Å². The fourth-order valence-corrected chi connectivity index (χ4v) is 9.53. The number of aryl methyl sites for hydroxylation is 2. The van der Waals surface area contributed by atoms with Crippen LogP contribution in [-0.2, 0) is 0 Å². The highest BCUT2D eigenvalue weighted by molar-refractivity contribution is 7.26. The summed E-state index contributed by atoms with van der Waals surface area (Å²) < 4.78 is 5.38. The van der Waals surface area contributed by atoms with E-state index in [4.69, 9.17) is 0 Å². The minimum atomic E-state index is 1.26. The first-order valence-electron chi connectivity index (χ1n) is 16.2. The summed E-state index contributed by atoms with van der Waals surface area (Å²) in [5.41, 5.74) is 14.1. The van der Waals surface area contributed by atoms with Gasteiger partial charge in [0.1, 0.15) is 0 Å². The Bertz CT molecular complexity index is 2480. The average Bonchev–Trinajstić information content (AvgIpc) is 3.66. The van der Waals surface area contributed by atoms with Crippen LogP contribution in [0.4, 0.5) is 0 Å². The molecule has 0 bridgehead atoms. The molecule has 224 valence electrons. The monoisotopic (exact) mass is 636 g/mol. The molecule has 0 amide bonds. The summed E-state index contributed by atoms with van der Waals surface area (Å²) in [7, 11) is 0. The van der Waals surface area contributed by atoms with E-state index in [1.165, 1.54) is 102 Å². The molecule has 0 saturated carbocycles. The summed E-state index contributed by atoms with van der Waals surface area (Å²) in [6, 6.07) is 52.0. The zero-order chi connectivity index (χ0) is 31.6. The van der Waals surface area contributed by atoms with Crippen LogP contribution in [0.15, 0.2) is 140 Å². The maximum atomic E-state index is 2.37. The molecule has 2 aromatic heterocycles. The second-order valence-electron chi connectivity index (χ2n) is 12.7. The van der Waals surface area contributed by atoms with Gasteiger partial charge in [0.25, 0.3) is 0 Å². The topological polar surface area (TPSA) is 0 Å². The van der Waals surface area contributed by atoms with Crippen molar-refractivity contribution in [1.29, 1.82) is 0 Å². The van der Waals surface area contributed by atoms with Gasteiger partial charge in [-0.2, -0.15) is 0 Å². The quantitative estimate of drug-likeness (QED) is 0.180. The molecule has 0 radical (unpaired) electrons. The molecule has 0 nitrogen and oxygen atoms in total. The lowest BCUT2D eigenvalue weighted by Crippen LogP contribution is -1.92. The van der Waals surface area contributed by atoms with Crippen LogP contribution in [0.5, 0.6) is 0 Å². The number of benzene rings is 7. The van der Waals surface area contributed by atoms with E-state index in [9.17, 15) is 0 Å². The zero-order valence-electron chi connectivity index (χ0n) is 26.6. The van der Waals surface area contributed by atoms with E-state index in [0.717, 1.165) is 0 Å². The van der Waals surface area contributed by atoms with Crippen molar-refractivity contribution < 1.29 is 0 Å². The Kier molecular flexibility index (Phi) is 6.64. The molecular weight excluding hydrogens is 605 g/mol. The van der Waals surface area contributed by atoms with Gasteiger partial charge in [0.15, 0.2) is 0 Å². The standard InChI is InChI=1S/C45H32S2/c1-27-23-30(15-19-34(27)32-17-21-44-40(25-32)38-9-4-6-13-42(38)46-44)36-11-8-12-37(29(36)3)31-16-20-35(28(2)24-31)33-18-22-45-41(26-33)39-10-5-7-14-43(39)47-45/h4-26H,1-3H3. The van der Waals surface area contributed by atoms with Crippen molar-refractivity contribution in [3.8, 4) is 44.5 Å². The number of hydrogen-bond acceptors (Lipinski definition) is 2. The fraction of sp³-hybridized carbons (Fsp3) is 0.0667. The number of thiophene rings is 2. The second-order valence-corrected chi connectivity index (χ2v) is 14.8. The molecule has 0 spiro atoms. The van der Waals surface area contributed by atoms with Crippen LogP contribution in [-0.4, -0.2) is 0 Å². The van der Waals surface area contributed by atoms with Crippen LogP contribution in [0.2, 0.25) is 0 Å². The Hall–Kier alpha value is -5.02. The molecule has 2 heteroatoms. The molecule has 2 heterocycles. The zero-order valence-corrected chi connectivity index (χ0v) is 28.2. The lowest BCUT2D eigenvalue weighted by molar-refractivity contribution is 1.40. The van der Waals surface area contributed by atoms with Crippen molar-refractivity contribution in [3.63, 3.8) is 0 Å². The Balaban J connectivity index is 1.05. The summed E-state index contributed by atoms with van der Waals surface area (Å²) in [6.07, 6.45) is 0. The largest absolute Gasteiger partial charge is 0.135 e. The van der Waals surface area contributed by atoms with E-state index in [-0.39, 0.29) is 0 Å². The molecular formula is C45H32S2. The van der Waals surface area contributed by atoms with E-state index >= 15 is 0 Å². The molecule has 0 unspecified atom stereocenters. The summed E-state index contributed by atoms with van der Waals surface area (Å²) in [6.45, 7) is 6.75. The number of rotatable bonds is 4. The highest BCUT2D eigenvalue weighted by Gasteiger charge is 2.14. The molecule has 0 saturated heterocycles. The maximum absolute atomic E-state index is 2.37. The smallest absolute Gasteiger partial charge is 0.0355 e. The van der Waals surface area contributed by atoms with Gasteiger partial charge in [-0.25, -0.2) is 0 Å². The molecule has 0 aliphatic rings. The van der Waals surface area contributed by atoms with E-state index in [1.807, 2.05) is 22.7 Å². The van der Waals surface area contributed by atoms with Gasteiger partial charge < -0.3 is 0 Å². The third-order valence-electron chi connectivity index (χ3n) is 9.78. The molecule has 0 atom stereocenters. The van der Waals surface area contributed by atoms with E-state index in [0.29, 0.717) is 0 Å². The fourth-order valence-electron chi connectivity index (χ4n) is 7.36. The highest BCUT2D eigenvalue weighted by atomic mass is 32.1. The van der Waals surface area contributed by atoms with Crippen molar-refractivity contribution in [3.05, 3.63) is 156 Å². The molecule has 9 aromatic rings. The van der Waals surface area contributed by atoms with E-state index < -0.39 is 0 Å². The molecule has 0 aliphatic carbocycles. The van der Waals surface area contributed by atoms with Gasteiger partial charge >= 0.3 is 0 Å². The Morgan fingerprint density at radius 3 is 1.19 bits per heavy atom. The van der Waals surface area contributed by atoms with Crippen LogP contribution < -0.4 is 0 Å². The Labute approximate surface area is 283 Å². The van der Waals surface area contributed by atoms with Gasteiger partial charge in [-0.1, -0.05) is 103 Å². The van der Waals surface area contributed by atoms with Gasteiger partial charge in [-0.05, 0) is 118 Å². The van der Waals surface area contributed by atoms with Gasteiger partial charge in [0.2, 0.25) is 0 Å². The normalized spacial score (nSPS) is 11.7. The minimum absolute atomic E-state index is 1.26. The van der Waals surface area contributed by atoms with Crippen LogP contribution in [0.1, 0.15) is 16.7 Å². The first-order chi connectivity index (χ1) is 23.0. The minimum Gasteiger partial charge on any atom is -0.135 e. The second kappa shape index (κ2) is 11.1. The summed E-state index contributed by atoms with van der Waals surface area (Å²) in [4.78, 5) is 0. The number of hydrogen-bond donors (Lipinski definition) is 0. The van der Waals surface area contributed by atoms with Crippen molar-refractivity contribution in [1.82, 2.24) is 0 Å².